The highest BCUT2D eigenvalue weighted by atomic mass is 16.2. The summed E-state index contributed by atoms with van der Waals surface area (Å²) in [5.74, 6) is -2.50. The summed E-state index contributed by atoms with van der Waals surface area (Å²) in [5, 5.41) is 0. The molecule has 0 bridgehead atoms. The predicted octanol–water partition coefficient (Wildman–Crippen LogP) is 2.96. The molecule has 102 valence electrons. The van der Waals surface area contributed by atoms with Gasteiger partial charge in [0.2, 0.25) is 0 Å². The molecule has 0 aromatic heterocycles. The standard InChI is InChI=1S/C18H12O3/c19-15(11-10-12-6-2-1-3-7-12)16-17(20)13-8-4-5-9-14(13)18(16)21/h1-11,16H/b11-10+. The fourth-order valence-corrected chi connectivity index (χ4v) is 2.44. The van der Waals surface area contributed by atoms with Gasteiger partial charge < -0.3 is 0 Å². The van der Waals surface area contributed by atoms with Crippen LogP contribution in [0.1, 0.15) is 26.3 Å². The molecule has 0 aliphatic heterocycles. The van der Waals surface area contributed by atoms with Crippen LogP contribution in [0.25, 0.3) is 6.08 Å². The molecular weight excluding hydrogens is 264 g/mol. The van der Waals surface area contributed by atoms with Crippen molar-refractivity contribution in [1.82, 2.24) is 0 Å². The third-order valence-corrected chi connectivity index (χ3v) is 3.51. The van der Waals surface area contributed by atoms with E-state index in [0.29, 0.717) is 11.1 Å². The van der Waals surface area contributed by atoms with Crippen molar-refractivity contribution in [2.24, 2.45) is 5.92 Å². The van der Waals surface area contributed by atoms with Gasteiger partial charge in [-0.1, -0.05) is 60.7 Å². The number of allylic oxidation sites excluding steroid dienone is 1. The number of hydrogen-bond donors (Lipinski definition) is 0. The quantitative estimate of drug-likeness (QED) is 0.639. The normalized spacial score (nSPS) is 14.7. The zero-order chi connectivity index (χ0) is 14.8. The number of Topliss-reactive ketones (excluding diaryl/α,β-unsaturated/α-hetero) is 2. The lowest BCUT2D eigenvalue weighted by Crippen LogP contribution is -2.23. The largest absolute Gasteiger partial charge is 0.294 e. The molecule has 1 aliphatic carbocycles. The Morgan fingerprint density at radius 1 is 0.810 bits per heavy atom. The first-order valence-corrected chi connectivity index (χ1v) is 6.63. The minimum absolute atomic E-state index is 0.342. The maximum absolute atomic E-state index is 12.2. The molecule has 0 amide bonds. The molecule has 0 saturated heterocycles. The first-order chi connectivity index (χ1) is 10.2. The van der Waals surface area contributed by atoms with Gasteiger partial charge in [-0.3, -0.25) is 14.4 Å². The van der Waals surface area contributed by atoms with Gasteiger partial charge in [0, 0.05) is 11.1 Å². The molecule has 0 unspecified atom stereocenters. The van der Waals surface area contributed by atoms with Crippen LogP contribution >= 0.6 is 0 Å². The number of fused-ring (bicyclic) bond motifs is 1. The number of carbonyl (C=O) groups is 3. The van der Waals surface area contributed by atoms with Crippen molar-refractivity contribution in [3.63, 3.8) is 0 Å². The van der Waals surface area contributed by atoms with Gasteiger partial charge in [-0.15, -0.1) is 0 Å². The highest BCUT2D eigenvalue weighted by Gasteiger charge is 2.41. The van der Waals surface area contributed by atoms with Gasteiger partial charge in [0.15, 0.2) is 17.3 Å². The van der Waals surface area contributed by atoms with Crippen LogP contribution < -0.4 is 0 Å². The Labute approximate surface area is 121 Å². The van der Waals surface area contributed by atoms with Crippen LogP contribution in [0.4, 0.5) is 0 Å². The number of ketones is 3. The second kappa shape index (κ2) is 5.29. The maximum atomic E-state index is 12.2. The first-order valence-electron chi connectivity index (χ1n) is 6.63. The van der Waals surface area contributed by atoms with E-state index >= 15 is 0 Å². The Balaban J connectivity index is 1.86. The van der Waals surface area contributed by atoms with Gasteiger partial charge in [0.25, 0.3) is 0 Å². The fourth-order valence-electron chi connectivity index (χ4n) is 2.44. The molecule has 0 N–H and O–H groups in total. The van der Waals surface area contributed by atoms with E-state index in [1.54, 1.807) is 30.3 Å². The van der Waals surface area contributed by atoms with Crippen LogP contribution in [0.2, 0.25) is 0 Å². The van der Waals surface area contributed by atoms with E-state index in [1.807, 2.05) is 30.3 Å². The monoisotopic (exact) mass is 276 g/mol. The number of benzene rings is 2. The summed E-state index contributed by atoms with van der Waals surface area (Å²) in [6, 6.07) is 15.8. The van der Waals surface area contributed by atoms with Gasteiger partial charge >= 0.3 is 0 Å². The molecule has 3 heteroatoms. The minimum atomic E-state index is -1.22. The van der Waals surface area contributed by atoms with Crippen LogP contribution in [0.3, 0.4) is 0 Å². The zero-order valence-corrected chi connectivity index (χ0v) is 11.2. The van der Waals surface area contributed by atoms with Crippen molar-refractivity contribution < 1.29 is 14.4 Å². The lowest BCUT2D eigenvalue weighted by atomic mass is 9.97. The molecule has 3 rings (SSSR count). The number of carbonyl (C=O) groups excluding carboxylic acids is 3. The Bertz CT molecular complexity index is 722. The number of rotatable bonds is 3. The molecular formula is C18H12O3. The SMILES string of the molecule is O=C(/C=C/c1ccccc1)C1C(=O)c2ccccc2C1=O. The summed E-state index contributed by atoms with van der Waals surface area (Å²) < 4.78 is 0. The van der Waals surface area contributed by atoms with E-state index in [2.05, 4.69) is 0 Å². The van der Waals surface area contributed by atoms with E-state index in [4.69, 9.17) is 0 Å². The van der Waals surface area contributed by atoms with Crippen molar-refractivity contribution in [2.45, 2.75) is 0 Å². The molecule has 21 heavy (non-hydrogen) atoms. The molecule has 2 aromatic carbocycles. The third-order valence-electron chi connectivity index (χ3n) is 3.51. The van der Waals surface area contributed by atoms with E-state index in [-0.39, 0.29) is 0 Å². The topological polar surface area (TPSA) is 51.2 Å². The van der Waals surface area contributed by atoms with Gasteiger partial charge in [-0.2, -0.15) is 0 Å². The van der Waals surface area contributed by atoms with Gasteiger partial charge in [0.1, 0.15) is 5.92 Å². The molecule has 0 spiro atoms. The molecule has 0 radical (unpaired) electrons. The van der Waals surface area contributed by atoms with Crippen LogP contribution in [-0.4, -0.2) is 17.3 Å². The summed E-state index contributed by atoms with van der Waals surface area (Å²) in [6.45, 7) is 0. The average molecular weight is 276 g/mol. The predicted molar refractivity (Wildman–Crippen MR) is 79.1 cm³/mol. The van der Waals surface area contributed by atoms with Crippen LogP contribution in [0, 0.1) is 5.92 Å². The maximum Gasteiger partial charge on any atom is 0.182 e. The zero-order valence-electron chi connectivity index (χ0n) is 11.2. The Morgan fingerprint density at radius 3 is 1.90 bits per heavy atom. The molecule has 0 saturated carbocycles. The highest BCUT2D eigenvalue weighted by Crippen LogP contribution is 2.27. The van der Waals surface area contributed by atoms with Gasteiger partial charge in [0.05, 0.1) is 0 Å². The summed E-state index contributed by atoms with van der Waals surface area (Å²) in [7, 11) is 0. The van der Waals surface area contributed by atoms with Crippen molar-refractivity contribution >= 4 is 23.4 Å². The van der Waals surface area contributed by atoms with Crippen LogP contribution in [-0.2, 0) is 4.79 Å². The Morgan fingerprint density at radius 2 is 1.33 bits per heavy atom. The molecule has 3 nitrogen and oxygen atoms in total. The van der Waals surface area contributed by atoms with Crippen LogP contribution in [0.5, 0.6) is 0 Å². The summed E-state index contributed by atoms with van der Waals surface area (Å²) in [6.07, 6.45) is 2.92. The Kier molecular flexibility index (Phi) is 3.32. The van der Waals surface area contributed by atoms with E-state index in [1.165, 1.54) is 6.08 Å². The summed E-state index contributed by atoms with van der Waals surface area (Å²) in [4.78, 5) is 36.5. The molecule has 0 heterocycles. The molecule has 0 atom stereocenters. The third kappa shape index (κ3) is 2.34. The lowest BCUT2D eigenvalue weighted by molar-refractivity contribution is -0.115. The molecule has 0 fully saturated rings. The second-order valence-electron chi connectivity index (χ2n) is 4.85. The van der Waals surface area contributed by atoms with Crippen molar-refractivity contribution in [2.75, 3.05) is 0 Å². The summed E-state index contributed by atoms with van der Waals surface area (Å²) >= 11 is 0. The van der Waals surface area contributed by atoms with Crippen LogP contribution in [0.15, 0.2) is 60.7 Å². The van der Waals surface area contributed by atoms with Crippen molar-refractivity contribution in [3.8, 4) is 0 Å². The number of hydrogen-bond acceptors (Lipinski definition) is 3. The van der Waals surface area contributed by atoms with Gasteiger partial charge in [-0.25, -0.2) is 0 Å². The smallest absolute Gasteiger partial charge is 0.182 e. The van der Waals surface area contributed by atoms with E-state index in [0.717, 1.165) is 5.56 Å². The first kappa shape index (κ1) is 13.2. The molecule has 2 aromatic rings. The van der Waals surface area contributed by atoms with E-state index < -0.39 is 23.3 Å². The van der Waals surface area contributed by atoms with Crippen molar-refractivity contribution in [1.29, 1.82) is 0 Å². The highest BCUT2D eigenvalue weighted by molar-refractivity contribution is 6.37. The Hall–Kier alpha value is -2.81. The summed E-state index contributed by atoms with van der Waals surface area (Å²) in [5.41, 5.74) is 1.53. The van der Waals surface area contributed by atoms with Gasteiger partial charge in [-0.05, 0) is 11.6 Å². The second-order valence-corrected chi connectivity index (χ2v) is 4.85. The molecule has 1 aliphatic rings. The van der Waals surface area contributed by atoms with E-state index in [9.17, 15) is 14.4 Å². The lowest BCUT2D eigenvalue weighted by Gasteiger charge is -2.01. The minimum Gasteiger partial charge on any atom is -0.294 e. The van der Waals surface area contributed by atoms with Crippen molar-refractivity contribution in [3.05, 3.63) is 77.4 Å². The average Bonchev–Trinajstić information content (AvgIpc) is 2.78. The fraction of sp³-hybridized carbons (Fsp3) is 0.0556.